The van der Waals surface area contributed by atoms with Crippen molar-refractivity contribution in [3.63, 3.8) is 0 Å². The van der Waals surface area contributed by atoms with Crippen LogP contribution < -0.4 is 16.5 Å². The molecule has 0 saturated heterocycles. The summed E-state index contributed by atoms with van der Waals surface area (Å²) in [5.74, 6) is -1.73. The second-order valence-corrected chi connectivity index (χ2v) is 7.57. The number of pyridine rings is 2. The molecule has 3 aromatic rings. The van der Waals surface area contributed by atoms with Crippen molar-refractivity contribution in [2.24, 2.45) is 0 Å². The molecule has 0 radical (unpaired) electrons. The van der Waals surface area contributed by atoms with Gasteiger partial charge in [-0.15, -0.1) is 0 Å². The summed E-state index contributed by atoms with van der Waals surface area (Å²) in [7, 11) is 0. The maximum absolute atomic E-state index is 15.3. The molecule has 0 amide bonds. The third-order valence-electron chi connectivity index (χ3n) is 5.36. The van der Waals surface area contributed by atoms with E-state index in [2.05, 4.69) is 15.1 Å². The van der Waals surface area contributed by atoms with Crippen LogP contribution in [0.2, 0.25) is 0 Å². The maximum Gasteiger partial charge on any atom is 0.205 e. The van der Waals surface area contributed by atoms with Crippen LogP contribution in [0.1, 0.15) is 36.6 Å². The van der Waals surface area contributed by atoms with Crippen molar-refractivity contribution in [2.45, 2.75) is 38.6 Å². The molecule has 8 heteroatoms. The Hall–Kier alpha value is -3.47. The van der Waals surface area contributed by atoms with Crippen molar-refractivity contribution < 1.29 is 8.78 Å². The normalized spacial score (nSPS) is 13.4. The van der Waals surface area contributed by atoms with Crippen molar-refractivity contribution in [1.82, 2.24) is 9.55 Å². The monoisotopic (exact) mass is 409 g/mol. The Balaban J connectivity index is 1.61. The number of nitrogen functional groups attached to an aromatic ring is 1. The first-order valence-corrected chi connectivity index (χ1v) is 9.80. The van der Waals surface area contributed by atoms with Crippen molar-refractivity contribution in [1.29, 1.82) is 0 Å². The Labute approximate surface area is 172 Å². The lowest BCUT2D eigenvalue weighted by atomic mass is 10.1. The number of nitrogens with two attached hydrogens (primary N) is 1. The summed E-state index contributed by atoms with van der Waals surface area (Å²) in [4.78, 5) is 20.0. The number of halogens is 2. The van der Waals surface area contributed by atoms with E-state index in [0.29, 0.717) is 30.6 Å². The summed E-state index contributed by atoms with van der Waals surface area (Å²) >= 11 is 0. The van der Waals surface area contributed by atoms with E-state index in [1.165, 1.54) is 6.20 Å². The van der Waals surface area contributed by atoms with Crippen LogP contribution in [0.5, 0.6) is 0 Å². The summed E-state index contributed by atoms with van der Waals surface area (Å²) in [6.07, 6.45) is 6.06. The fraction of sp³-hybridized carbons (Fsp3) is 0.318. The lowest BCUT2D eigenvalue weighted by Gasteiger charge is -2.18. The van der Waals surface area contributed by atoms with Gasteiger partial charge in [0, 0.05) is 36.2 Å². The van der Waals surface area contributed by atoms with Crippen LogP contribution in [0, 0.1) is 25.1 Å². The van der Waals surface area contributed by atoms with E-state index in [1.54, 1.807) is 29.8 Å². The zero-order valence-corrected chi connectivity index (χ0v) is 16.5. The minimum Gasteiger partial charge on any atom is -0.396 e. The van der Waals surface area contributed by atoms with Gasteiger partial charge in [0.15, 0.2) is 17.1 Å². The number of benzene rings is 1. The van der Waals surface area contributed by atoms with Crippen LogP contribution in [0.3, 0.4) is 0 Å². The van der Waals surface area contributed by atoms with Crippen molar-refractivity contribution in [2.75, 3.05) is 17.6 Å². The number of nitrogens with one attached hydrogen (secondary N) is 1. The fourth-order valence-electron chi connectivity index (χ4n) is 3.61. The average Bonchev–Trinajstić information content (AvgIpc) is 3.59. The molecule has 1 fully saturated rings. The zero-order valence-electron chi connectivity index (χ0n) is 16.5. The van der Waals surface area contributed by atoms with E-state index < -0.39 is 17.1 Å². The molecule has 154 valence electrons. The third kappa shape index (κ3) is 3.47. The van der Waals surface area contributed by atoms with Crippen molar-refractivity contribution in [3.8, 4) is 0 Å². The standard InChI is InChI=1S/C22H21F2N5O/c1-12-11-29(15-7-8-15)21-16(22(12)30)19(25)17(23)20(18(21)24)27-9-3-4-13-5-6-14(26-2)10-28-13/h5-6,10-11,15,27H,3-4,7-9,25H2,1H3. The Bertz CT molecular complexity index is 1220. The van der Waals surface area contributed by atoms with E-state index in [4.69, 9.17) is 12.3 Å². The molecule has 1 aromatic carbocycles. The van der Waals surface area contributed by atoms with Gasteiger partial charge in [-0.2, -0.15) is 0 Å². The van der Waals surface area contributed by atoms with Gasteiger partial charge in [0.25, 0.3) is 0 Å². The Kier molecular flexibility index (Phi) is 5.12. The van der Waals surface area contributed by atoms with Crippen molar-refractivity contribution in [3.05, 3.63) is 69.1 Å². The summed E-state index contributed by atoms with van der Waals surface area (Å²) < 4.78 is 31.9. The zero-order chi connectivity index (χ0) is 21.4. The molecular formula is C22H21F2N5O. The molecule has 6 nitrogen and oxygen atoms in total. The lowest BCUT2D eigenvalue weighted by Crippen LogP contribution is -2.18. The van der Waals surface area contributed by atoms with E-state index in [0.717, 1.165) is 18.5 Å². The van der Waals surface area contributed by atoms with Gasteiger partial charge >= 0.3 is 0 Å². The molecule has 3 N–H and O–H groups in total. The van der Waals surface area contributed by atoms with Gasteiger partial charge in [0.1, 0.15) is 5.69 Å². The molecule has 1 saturated carbocycles. The highest BCUT2D eigenvalue weighted by Gasteiger charge is 2.29. The minimum atomic E-state index is -0.940. The van der Waals surface area contributed by atoms with Gasteiger partial charge in [-0.1, -0.05) is 12.1 Å². The number of fused-ring (bicyclic) bond motifs is 1. The molecule has 0 unspecified atom stereocenters. The Morgan fingerprint density at radius 2 is 2.10 bits per heavy atom. The predicted molar refractivity (Wildman–Crippen MR) is 113 cm³/mol. The summed E-state index contributed by atoms with van der Waals surface area (Å²) in [6.45, 7) is 8.86. The van der Waals surface area contributed by atoms with Crippen LogP contribution in [-0.2, 0) is 6.42 Å². The topological polar surface area (TPSA) is 77.3 Å². The molecule has 2 aromatic heterocycles. The first kappa shape index (κ1) is 19.8. The average molecular weight is 409 g/mol. The van der Waals surface area contributed by atoms with Gasteiger partial charge in [0.2, 0.25) is 5.69 Å². The molecule has 4 rings (SSSR count). The van der Waals surface area contributed by atoms with Gasteiger partial charge in [-0.05, 0) is 32.6 Å². The van der Waals surface area contributed by atoms with Gasteiger partial charge in [0.05, 0.1) is 23.2 Å². The van der Waals surface area contributed by atoms with Crippen molar-refractivity contribution >= 4 is 28.0 Å². The van der Waals surface area contributed by atoms with E-state index in [-0.39, 0.29) is 28.3 Å². The molecular weight excluding hydrogens is 388 g/mol. The maximum atomic E-state index is 15.3. The first-order valence-electron chi connectivity index (χ1n) is 9.80. The number of rotatable bonds is 6. The second kappa shape index (κ2) is 7.75. The molecule has 1 aliphatic carbocycles. The molecule has 30 heavy (non-hydrogen) atoms. The smallest absolute Gasteiger partial charge is 0.205 e. The number of nitrogens with zero attached hydrogens (tertiary/aromatic N) is 3. The van der Waals surface area contributed by atoms with Crippen LogP contribution >= 0.6 is 0 Å². The number of hydrogen-bond acceptors (Lipinski definition) is 4. The quantitative estimate of drug-likeness (QED) is 0.357. The number of aryl methyl sites for hydroxylation is 2. The molecule has 0 atom stereocenters. The predicted octanol–water partition coefficient (Wildman–Crippen LogP) is 4.50. The lowest BCUT2D eigenvalue weighted by molar-refractivity contribution is 0.589. The highest BCUT2D eigenvalue weighted by molar-refractivity contribution is 5.95. The highest BCUT2D eigenvalue weighted by atomic mass is 19.1. The van der Waals surface area contributed by atoms with Crippen LogP contribution in [0.4, 0.5) is 25.8 Å². The number of anilines is 2. The molecule has 0 aliphatic heterocycles. The van der Waals surface area contributed by atoms with E-state index in [9.17, 15) is 9.18 Å². The highest BCUT2D eigenvalue weighted by Crippen LogP contribution is 2.40. The molecule has 1 aliphatic rings. The van der Waals surface area contributed by atoms with Gasteiger partial charge in [-0.25, -0.2) is 13.6 Å². The minimum absolute atomic E-state index is 0.0610. The first-order chi connectivity index (χ1) is 14.4. The van der Waals surface area contributed by atoms with Crippen LogP contribution in [-0.4, -0.2) is 16.1 Å². The summed E-state index contributed by atoms with van der Waals surface area (Å²) in [6, 6.07) is 3.55. The molecule has 2 heterocycles. The second-order valence-electron chi connectivity index (χ2n) is 7.57. The van der Waals surface area contributed by atoms with E-state index in [1.807, 2.05) is 0 Å². The number of aromatic nitrogens is 2. The van der Waals surface area contributed by atoms with Gasteiger partial charge < -0.3 is 15.6 Å². The number of hydrogen-bond donors (Lipinski definition) is 2. The molecule has 0 bridgehead atoms. The van der Waals surface area contributed by atoms with Crippen LogP contribution in [0.25, 0.3) is 15.7 Å². The fourth-order valence-corrected chi connectivity index (χ4v) is 3.61. The largest absolute Gasteiger partial charge is 0.396 e. The summed E-state index contributed by atoms with van der Waals surface area (Å²) in [5.41, 5.74) is 6.59. The van der Waals surface area contributed by atoms with E-state index >= 15 is 4.39 Å². The summed E-state index contributed by atoms with van der Waals surface area (Å²) in [5, 5.41) is 2.71. The third-order valence-corrected chi connectivity index (χ3v) is 5.36. The van der Waals surface area contributed by atoms with Gasteiger partial charge in [-0.3, -0.25) is 9.78 Å². The Morgan fingerprint density at radius 3 is 2.73 bits per heavy atom. The SMILES string of the molecule is [C-]#[N+]c1ccc(CCCNc2c(F)c(N)c3c(=O)c(C)cn(C4CC4)c3c2F)nc1. The van der Waals surface area contributed by atoms with Crippen LogP contribution in [0.15, 0.2) is 29.3 Å². The Morgan fingerprint density at radius 1 is 1.33 bits per heavy atom. The molecule has 0 spiro atoms.